The molecule has 3 atom stereocenters. The molecule has 3 rings (SSSR count). The quantitative estimate of drug-likeness (QED) is 0.896. The van der Waals surface area contributed by atoms with E-state index in [9.17, 15) is 4.79 Å². The first-order valence-electron chi connectivity index (χ1n) is 7.52. The molecule has 0 saturated heterocycles. The summed E-state index contributed by atoms with van der Waals surface area (Å²) >= 11 is 0. The molecular formula is C15H24N4O. The molecule has 2 aliphatic carbocycles. The van der Waals surface area contributed by atoms with Crippen LogP contribution in [0.4, 0.5) is 0 Å². The van der Waals surface area contributed by atoms with Crippen molar-refractivity contribution in [2.45, 2.75) is 59.0 Å². The first kappa shape index (κ1) is 13.6. The van der Waals surface area contributed by atoms with E-state index in [1.54, 1.807) is 17.2 Å². The van der Waals surface area contributed by atoms with Gasteiger partial charge in [-0.1, -0.05) is 27.7 Å². The standard InChI is InChI=1S/C15H24N4O/c1-10(2)12(19-8-16-17-9-19)13(20)18-11-7-15(11,4)14(3)5-6-14/h8-12H,5-7H2,1-4H3,(H,18,20). The predicted octanol–water partition coefficient (Wildman–Crippen LogP) is 2.17. The largest absolute Gasteiger partial charge is 0.351 e. The maximum Gasteiger partial charge on any atom is 0.243 e. The number of carbonyl (C=O) groups is 1. The van der Waals surface area contributed by atoms with Gasteiger partial charge in [-0.05, 0) is 36.0 Å². The number of amides is 1. The number of hydrogen-bond acceptors (Lipinski definition) is 3. The van der Waals surface area contributed by atoms with Crippen molar-refractivity contribution >= 4 is 5.91 Å². The van der Waals surface area contributed by atoms with Crippen molar-refractivity contribution < 1.29 is 4.79 Å². The van der Waals surface area contributed by atoms with Crippen LogP contribution in [0.15, 0.2) is 12.7 Å². The average Bonchev–Trinajstić information content (AvgIpc) is 3.18. The molecule has 0 aliphatic heterocycles. The molecule has 1 N–H and O–H groups in total. The van der Waals surface area contributed by atoms with Gasteiger partial charge in [-0.3, -0.25) is 4.79 Å². The summed E-state index contributed by atoms with van der Waals surface area (Å²) in [5, 5.41) is 10.9. The molecule has 5 nitrogen and oxygen atoms in total. The smallest absolute Gasteiger partial charge is 0.243 e. The van der Waals surface area contributed by atoms with Crippen molar-refractivity contribution in [3.63, 3.8) is 0 Å². The number of hydrogen-bond donors (Lipinski definition) is 1. The summed E-state index contributed by atoms with van der Waals surface area (Å²) in [5.41, 5.74) is 0.756. The molecular weight excluding hydrogens is 252 g/mol. The van der Waals surface area contributed by atoms with E-state index in [0.29, 0.717) is 16.9 Å². The lowest BCUT2D eigenvalue weighted by molar-refractivity contribution is -0.126. The van der Waals surface area contributed by atoms with Gasteiger partial charge in [-0.2, -0.15) is 0 Å². The van der Waals surface area contributed by atoms with Crippen LogP contribution < -0.4 is 5.32 Å². The molecule has 1 heterocycles. The molecule has 1 aromatic rings. The summed E-state index contributed by atoms with van der Waals surface area (Å²) in [6, 6.07) is 0.113. The van der Waals surface area contributed by atoms with E-state index in [0.717, 1.165) is 6.42 Å². The minimum atomic E-state index is -0.221. The summed E-state index contributed by atoms with van der Waals surface area (Å²) in [7, 11) is 0. The SMILES string of the molecule is CC(C)C(C(=O)NC1CC1(C)C1(C)CC1)n1cnnc1. The van der Waals surface area contributed by atoms with Crippen LogP contribution in [0.1, 0.15) is 53.0 Å². The predicted molar refractivity (Wildman–Crippen MR) is 75.9 cm³/mol. The van der Waals surface area contributed by atoms with Gasteiger partial charge in [0, 0.05) is 6.04 Å². The van der Waals surface area contributed by atoms with Crippen molar-refractivity contribution in [2.75, 3.05) is 0 Å². The zero-order valence-corrected chi connectivity index (χ0v) is 12.8. The highest BCUT2D eigenvalue weighted by Crippen LogP contribution is 2.69. The van der Waals surface area contributed by atoms with Crippen LogP contribution in [0.5, 0.6) is 0 Å². The third kappa shape index (κ3) is 2.03. The van der Waals surface area contributed by atoms with Gasteiger partial charge in [0.05, 0.1) is 0 Å². The first-order valence-corrected chi connectivity index (χ1v) is 7.52. The number of rotatable bonds is 5. The molecule has 20 heavy (non-hydrogen) atoms. The Hall–Kier alpha value is -1.39. The molecule has 3 unspecified atom stereocenters. The number of nitrogens with one attached hydrogen (secondary N) is 1. The molecule has 2 saturated carbocycles. The van der Waals surface area contributed by atoms with E-state index in [-0.39, 0.29) is 17.9 Å². The van der Waals surface area contributed by atoms with Crippen LogP contribution in [0.25, 0.3) is 0 Å². The third-order valence-electron chi connectivity index (χ3n) is 5.59. The van der Waals surface area contributed by atoms with E-state index < -0.39 is 0 Å². The highest BCUT2D eigenvalue weighted by Gasteiger charge is 2.66. The number of aromatic nitrogens is 3. The number of carbonyl (C=O) groups excluding carboxylic acids is 1. The second kappa shape index (κ2) is 4.30. The van der Waals surface area contributed by atoms with Gasteiger partial charge in [0.25, 0.3) is 0 Å². The Morgan fingerprint density at radius 1 is 1.30 bits per heavy atom. The molecule has 0 spiro atoms. The molecule has 0 radical (unpaired) electrons. The second-order valence-corrected chi connectivity index (χ2v) is 7.34. The highest BCUT2D eigenvalue weighted by atomic mass is 16.2. The molecule has 0 bridgehead atoms. The molecule has 1 aromatic heterocycles. The third-order valence-corrected chi connectivity index (χ3v) is 5.59. The first-order chi connectivity index (χ1) is 9.37. The Labute approximate surface area is 120 Å². The van der Waals surface area contributed by atoms with Gasteiger partial charge >= 0.3 is 0 Å². The fourth-order valence-electron chi connectivity index (χ4n) is 3.39. The second-order valence-electron chi connectivity index (χ2n) is 7.34. The minimum Gasteiger partial charge on any atom is -0.351 e. The van der Waals surface area contributed by atoms with Gasteiger partial charge < -0.3 is 9.88 Å². The Bertz CT molecular complexity index is 506. The van der Waals surface area contributed by atoms with Crippen LogP contribution in [0.3, 0.4) is 0 Å². The van der Waals surface area contributed by atoms with Crippen molar-refractivity contribution in [3.05, 3.63) is 12.7 Å². The summed E-state index contributed by atoms with van der Waals surface area (Å²) < 4.78 is 1.80. The van der Waals surface area contributed by atoms with Gasteiger partial charge in [0.1, 0.15) is 18.7 Å². The fourth-order valence-corrected chi connectivity index (χ4v) is 3.39. The van der Waals surface area contributed by atoms with E-state index in [2.05, 4.69) is 43.2 Å². The van der Waals surface area contributed by atoms with E-state index in [4.69, 9.17) is 0 Å². The normalized spacial score (nSPS) is 31.9. The lowest BCUT2D eigenvalue weighted by Gasteiger charge is -2.24. The van der Waals surface area contributed by atoms with Crippen molar-refractivity contribution in [1.29, 1.82) is 0 Å². The van der Waals surface area contributed by atoms with Crippen molar-refractivity contribution in [1.82, 2.24) is 20.1 Å². The Morgan fingerprint density at radius 2 is 1.90 bits per heavy atom. The summed E-state index contributed by atoms with van der Waals surface area (Å²) in [5.74, 6) is 0.310. The lowest BCUT2D eigenvalue weighted by atomic mass is 9.88. The van der Waals surface area contributed by atoms with E-state index in [1.165, 1.54) is 12.8 Å². The van der Waals surface area contributed by atoms with Crippen LogP contribution in [-0.2, 0) is 4.79 Å². The fraction of sp³-hybridized carbons (Fsp3) is 0.800. The summed E-state index contributed by atoms with van der Waals surface area (Å²) in [4.78, 5) is 12.6. The van der Waals surface area contributed by atoms with Crippen molar-refractivity contribution in [3.8, 4) is 0 Å². The van der Waals surface area contributed by atoms with Gasteiger partial charge in [0.15, 0.2) is 0 Å². The zero-order chi connectivity index (χ0) is 14.5. The van der Waals surface area contributed by atoms with Crippen LogP contribution in [0.2, 0.25) is 0 Å². The van der Waals surface area contributed by atoms with Crippen LogP contribution in [0, 0.1) is 16.7 Å². The Morgan fingerprint density at radius 3 is 2.40 bits per heavy atom. The molecule has 2 fully saturated rings. The minimum absolute atomic E-state index is 0.0952. The molecule has 110 valence electrons. The van der Waals surface area contributed by atoms with Crippen molar-refractivity contribution in [2.24, 2.45) is 16.7 Å². The molecule has 1 amide bonds. The Balaban J connectivity index is 1.67. The molecule has 5 heteroatoms. The van der Waals surface area contributed by atoms with Crippen LogP contribution >= 0.6 is 0 Å². The number of nitrogens with zero attached hydrogens (tertiary/aromatic N) is 3. The highest BCUT2D eigenvalue weighted by molar-refractivity contribution is 5.81. The monoisotopic (exact) mass is 276 g/mol. The topological polar surface area (TPSA) is 59.8 Å². The average molecular weight is 276 g/mol. The van der Waals surface area contributed by atoms with E-state index in [1.807, 2.05) is 0 Å². The maximum atomic E-state index is 12.6. The summed E-state index contributed by atoms with van der Waals surface area (Å²) in [6.45, 7) is 8.77. The Kier molecular flexibility index (Phi) is 2.92. The van der Waals surface area contributed by atoms with Gasteiger partial charge in [0.2, 0.25) is 5.91 Å². The van der Waals surface area contributed by atoms with E-state index >= 15 is 0 Å². The molecule has 2 aliphatic rings. The van der Waals surface area contributed by atoms with Gasteiger partial charge in [-0.15, -0.1) is 10.2 Å². The zero-order valence-electron chi connectivity index (χ0n) is 12.8. The van der Waals surface area contributed by atoms with Crippen LogP contribution in [-0.4, -0.2) is 26.7 Å². The molecule has 0 aromatic carbocycles. The maximum absolute atomic E-state index is 12.6. The summed E-state index contributed by atoms with van der Waals surface area (Å²) in [6.07, 6.45) is 6.96. The van der Waals surface area contributed by atoms with Gasteiger partial charge in [-0.25, -0.2) is 0 Å². The lowest BCUT2D eigenvalue weighted by Crippen LogP contribution is -2.38.